The summed E-state index contributed by atoms with van der Waals surface area (Å²) in [4.78, 5) is 77.6. The monoisotopic (exact) mass is 662 g/mol. The molecule has 0 aliphatic carbocycles. The molecule has 12 nitrogen and oxygen atoms in total. The van der Waals surface area contributed by atoms with Crippen LogP contribution < -0.4 is 15.1 Å². The Kier molecular flexibility index (Phi) is 8.27. The predicted octanol–water partition coefficient (Wildman–Crippen LogP) is 4.57. The Morgan fingerprint density at radius 3 is 2.28 bits per heavy atom. The van der Waals surface area contributed by atoms with Crippen LogP contribution in [0.25, 0.3) is 0 Å². The minimum absolute atomic E-state index is 0.155. The first kappa shape index (κ1) is 30.9. The highest BCUT2D eigenvalue weighted by Gasteiger charge is 2.56. The van der Waals surface area contributed by atoms with Crippen molar-refractivity contribution in [1.82, 2.24) is 4.57 Å². The van der Waals surface area contributed by atoms with Crippen molar-refractivity contribution >= 4 is 63.9 Å². The summed E-state index contributed by atoms with van der Waals surface area (Å²) in [6.45, 7) is 1.50. The second-order valence-corrected chi connectivity index (χ2v) is 12.5. The highest BCUT2D eigenvalue weighted by Crippen LogP contribution is 2.53. The van der Waals surface area contributed by atoms with Gasteiger partial charge in [0, 0.05) is 28.6 Å². The quantitative estimate of drug-likeness (QED) is 0.124. The van der Waals surface area contributed by atoms with Gasteiger partial charge < -0.3 is 10.1 Å². The Morgan fingerprint density at radius 2 is 1.65 bits per heavy atom. The molecule has 15 heteroatoms. The number of benzene rings is 3. The molecule has 1 N–H and O–H groups in total. The Morgan fingerprint density at radius 1 is 0.978 bits per heavy atom. The van der Waals surface area contributed by atoms with Crippen LogP contribution in [0.3, 0.4) is 0 Å². The molecule has 0 bridgehead atoms. The van der Waals surface area contributed by atoms with Crippen LogP contribution in [-0.4, -0.2) is 45.0 Å². The molecular weight excluding hydrogens is 639 g/mol. The third-order valence-corrected chi connectivity index (χ3v) is 10.2. The number of thioether (sulfide) groups is 1. The molecule has 1 saturated heterocycles. The number of amides is 3. The number of carbonyl (C=O) groups excluding carboxylic acids is 4. The van der Waals surface area contributed by atoms with Gasteiger partial charge in [0.2, 0.25) is 17.7 Å². The van der Waals surface area contributed by atoms with Crippen molar-refractivity contribution in [1.29, 1.82) is 0 Å². The number of rotatable bonds is 8. The molecule has 0 unspecified atom stereocenters. The van der Waals surface area contributed by atoms with Gasteiger partial charge in [0.05, 0.1) is 33.7 Å². The summed E-state index contributed by atoms with van der Waals surface area (Å²) < 4.78 is 20.1. The fourth-order valence-corrected chi connectivity index (χ4v) is 8.28. The summed E-state index contributed by atoms with van der Waals surface area (Å²) in [7, 11) is 0. The molecule has 0 radical (unpaired) electrons. The van der Waals surface area contributed by atoms with E-state index in [1.807, 2.05) is 0 Å². The zero-order valence-corrected chi connectivity index (χ0v) is 25.5. The third-order valence-electron chi connectivity index (χ3n) is 7.58. The Bertz CT molecular complexity index is 1940. The van der Waals surface area contributed by atoms with Gasteiger partial charge in [-0.3, -0.25) is 33.9 Å². The van der Waals surface area contributed by atoms with Crippen molar-refractivity contribution in [3.8, 4) is 0 Å². The standard InChI is InChI=1S/C31H23FN4O8S2/c1-2-44-30(40)17-5-9-19(10-6-17)33-22(37)15-34-29-26(46-31(34)41)23(16-3-7-18(32)8-4-16)24-25(45-29)28(39)35(27(24)38)20-11-13-21(14-12-20)36(42)43/h3-14,23-25H,2,15H2,1H3,(H,33,37)/t23-,24+,25-/m0/s1. The van der Waals surface area contributed by atoms with Crippen molar-refractivity contribution in [2.75, 3.05) is 16.8 Å². The summed E-state index contributed by atoms with van der Waals surface area (Å²) in [5.41, 5.74) is 1.13. The van der Waals surface area contributed by atoms with E-state index in [-0.39, 0.29) is 18.0 Å². The van der Waals surface area contributed by atoms with Crippen LogP contribution in [0.4, 0.5) is 21.5 Å². The second-order valence-electron chi connectivity index (χ2n) is 10.3. The number of hydrogen-bond acceptors (Lipinski definition) is 10. The topological polar surface area (TPSA) is 158 Å². The lowest BCUT2D eigenvalue weighted by Gasteiger charge is -2.30. The molecule has 6 rings (SSSR count). The molecule has 0 spiro atoms. The van der Waals surface area contributed by atoms with Gasteiger partial charge in [-0.1, -0.05) is 35.2 Å². The van der Waals surface area contributed by atoms with Crippen LogP contribution in [-0.2, 0) is 25.7 Å². The summed E-state index contributed by atoms with van der Waals surface area (Å²) in [6, 6.07) is 16.5. The molecule has 0 saturated carbocycles. The number of nitrogens with one attached hydrogen (secondary N) is 1. The van der Waals surface area contributed by atoms with Crippen LogP contribution in [0, 0.1) is 21.8 Å². The lowest BCUT2D eigenvalue weighted by atomic mass is 9.83. The van der Waals surface area contributed by atoms with E-state index in [1.54, 1.807) is 6.92 Å². The minimum Gasteiger partial charge on any atom is -0.462 e. The van der Waals surface area contributed by atoms with Crippen molar-refractivity contribution in [2.24, 2.45) is 5.92 Å². The first-order chi connectivity index (χ1) is 22.1. The Balaban J connectivity index is 1.33. The van der Waals surface area contributed by atoms with Gasteiger partial charge >= 0.3 is 10.8 Å². The smallest absolute Gasteiger partial charge is 0.338 e. The lowest BCUT2D eigenvalue weighted by Crippen LogP contribution is -2.33. The maximum atomic E-state index is 13.9. The van der Waals surface area contributed by atoms with E-state index in [1.165, 1.54) is 77.4 Å². The van der Waals surface area contributed by atoms with Gasteiger partial charge in [-0.15, -0.1) is 0 Å². The summed E-state index contributed by atoms with van der Waals surface area (Å²) >= 11 is 1.84. The van der Waals surface area contributed by atoms with Gasteiger partial charge in [-0.2, -0.15) is 0 Å². The summed E-state index contributed by atoms with van der Waals surface area (Å²) in [5.74, 6) is -4.48. The SMILES string of the molecule is CCOC(=O)c1ccc(NC(=O)Cn2c3c(sc2=O)[C@@H](c2ccc(F)cc2)[C@H]2C(=O)N(c4ccc([N+](=O)[O-])cc4)C(=O)[C@H]2S3)cc1. The largest absolute Gasteiger partial charge is 0.462 e. The van der Waals surface area contributed by atoms with Crippen LogP contribution in [0.1, 0.15) is 33.6 Å². The first-order valence-electron chi connectivity index (χ1n) is 13.9. The number of non-ortho nitro benzene ring substituents is 1. The number of thiazole rings is 1. The number of fused-ring (bicyclic) bond motifs is 2. The lowest BCUT2D eigenvalue weighted by molar-refractivity contribution is -0.384. The second kappa shape index (κ2) is 12.3. The van der Waals surface area contributed by atoms with E-state index >= 15 is 0 Å². The molecule has 2 aliphatic rings. The zero-order valence-electron chi connectivity index (χ0n) is 23.9. The van der Waals surface area contributed by atoms with Crippen LogP contribution in [0.5, 0.6) is 0 Å². The van der Waals surface area contributed by atoms with Crippen LogP contribution in [0.2, 0.25) is 0 Å². The maximum absolute atomic E-state index is 13.9. The van der Waals surface area contributed by atoms with E-state index in [0.717, 1.165) is 28.0 Å². The number of carbonyl (C=O) groups is 4. The van der Waals surface area contributed by atoms with Gasteiger partial charge in [-0.05, 0) is 61.0 Å². The van der Waals surface area contributed by atoms with E-state index in [4.69, 9.17) is 4.74 Å². The molecule has 46 heavy (non-hydrogen) atoms. The van der Waals surface area contributed by atoms with Crippen molar-refractivity contribution in [3.63, 3.8) is 0 Å². The number of esters is 1. The van der Waals surface area contributed by atoms with E-state index in [2.05, 4.69) is 5.32 Å². The maximum Gasteiger partial charge on any atom is 0.338 e. The Hall–Kier alpha value is -5.15. The van der Waals surface area contributed by atoms with E-state index < -0.39 is 62.9 Å². The van der Waals surface area contributed by atoms with Gasteiger partial charge in [0.15, 0.2) is 0 Å². The molecule has 3 heterocycles. The van der Waals surface area contributed by atoms with Crippen molar-refractivity contribution in [3.05, 3.63) is 114 Å². The minimum atomic E-state index is -0.996. The van der Waals surface area contributed by atoms with Crippen molar-refractivity contribution < 1.29 is 33.2 Å². The molecule has 3 aromatic carbocycles. The number of ether oxygens (including phenoxy) is 1. The number of nitrogens with zero attached hydrogens (tertiary/aromatic N) is 3. The van der Waals surface area contributed by atoms with Crippen molar-refractivity contribution in [2.45, 2.75) is 29.7 Å². The normalized spacial score (nSPS) is 18.6. The summed E-state index contributed by atoms with van der Waals surface area (Å²) in [6.07, 6.45) is 0. The molecule has 2 aliphatic heterocycles. The number of hydrogen-bond donors (Lipinski definition) is 1. The molecule has 4 aromatic rings. The molecule has 1 fully saturated rings. The fraction of sp³-hybridized carbons (Fsp3) is 0.194. The highest BCUT2D eigenvalue weighted by atomic mass is 32.2. The predicted molar refractivity (Wildman–Crippen MR) is 167 cm³/mol. The number of anilines is 2. The van der Waals surface area contributed by atoms with E-state index in [0.29, 0.717) is 26.7 Å². The van der Waals surface area contributed by atoms with E-state index in [9.17, 15) is 38.5 Å². The molecule has 1 aromatic heterocycles. The average Bonchev–Trinajstić information content (AvgIpc) is 3.48. The van der Waals surface area contributed by atoms with Gasteiger partial charge in [0.1, 0.15) is 17.6 Å². The molecular formula is C31H23FN4O8S2. The van der Waals surface area contributed by atoms with Gasteiger partial charge in [0.25, 0.3) is 5.69 Å². The molecule has 3 amide bonds. The third kappa shape index (κ3) is 5.58. The zero-order chi connectivity index (χ0) is 32.7. The summed E-state index contributed by atoms with van der Waals surface area (Å²) in [5, 5.41) is 13.2. The number of aromatic nitrogens is 1. The number of nitro benzene ring substituents is 1. The number of halogens is 1. The van der Waals surface area contributed by atoms with Gasteiger partial charge in [-0.25, -0.2) is 14.1 Å². The highest BCUT2D eigenvalue weighted by molar-refractivity contribution is 8.00. The average molecular weight is 663 g/mol. The molecule has 234 valence electrons. The van der Waals surface area contributed by atoms with Crippen LogP contribution in [0.15, 0.2) is 82.6 Å². The first-order valence-corrected chi connectivity index (χ1v) is 15.6. The number of imide groups is 1. The van der Waals surface area contributed by atoms with Crippen LogP contribution >= 0.6 is 23.1 Å². The fourth-order valence-electron chi connectivity index (χ4n) is 5.51. The Labute approximate surface area is 267 Å². The number of nitro groups is 1. The molecule has 3 atom stereocenters.